The predicted octanol–water partition coefficient (Wildman–Crippen LogP) is 3.39. The van der Waals surface area contributed by atoms with E-state index in [1.54, 1.807) is 11.8 Å². The van der Waals surface area contributed by atoms with Gasteiger partial charge in [-0.05, 0) is 6.07 Å². The molecule has 0 fully saturated rings. The summed E-state index contributed by atoms with van der Waals surface area (Å²) < 4.78 is 0.166. The first-order chi connectivity index (χ1) is 6.53. The van der Waals surface area contributed by atoms with Crippen molar-refractivity contribution in [1.29, 1.82) is 0 Å². The zero-order chi connectivity index (χ0) is 10.6. The SMILES string of the molecule is CC(C)(C)Sc1ccccc1/C=N/O. The van der Waals surface area contributed by atoms with Crippen LogP contribution in [0.4, 0.5) is 0 Å². The number of oxime groups is 1. The Morgan fingerprint density at radius 3 is 2.50 bits per heavy atom. The van der Waals surface area contributed by atoms with Crippen LogP contribution in [0.25, 0.3) is 0 Å². The Labute approximate surface area is 89.0 Å². The normalized spacial score (nSPS) is 12.2. The highest BCUT2D eigenvalue weighted by Crippen LogP contribution is 2.33. The van der Waals surface area contributed by atoms with Crippen LogP contribution in [0.15, 0.2) is 34.3 Å². The Hall–Kier alpha value is -0.960. The monoisotopic (exact) mass is 209 g/mol. The highest BCUT2D eigenvalue weighted by atomic mass is 32.2. The Bertz CT molecular complexity index is 328. The molecule has 1 N–H and O–H groups in total. The lowest BCUT2D eigenvalue weighted by Crippen LogP contribution is -2.07. The molecule has 1 aromatic carbocycles. The largest absolute Gasteiger partial charge is 0.411 e. The summed E-state index contributed by atoms with van der Waals surface area (Å²) in [6.07, 6.45) is 1.47. The van der Waals surface area contributed by atoms with E-state index in [0.717, 1.165) is 10.5 Å². The van der Waals surface area contributed by atoms with Crippen LogP contribution in [-0.2, 0) is 0 Å². The van der Waals surface area contributed by atoms with Crippen LogP contribution in [0.1, 0.15) is 26.3 Å². The van der Waals surface area contributed by atoms with E-state index in [1.807, 2.05) is 24.3 Å². The minimum absolute atomic E-state index is 0.166. The molecule has 0 heterocycles. The lowest BCUT2D eigenvalue weighted by Gasteiger charge is -2.18. The summed E-state index contributed by atoms with van der Waals surface area (Å²) in [7, 11) is 0. The smallest absolute Gasteiger partial charge is 0.0745 e. The number of thioether (sulfide) groups is 1. The van der Waals surface area contributed by atoms with Crippen LogP contribution in [-0.4, -0.2) is 16.2 Å². The molecule has 0 aromatic heterocycles. The van der Waals surface area contributed by atoms with Crippen LogP contribution >= 0.6 is 11.8 Å². The first-order valence-corrected chi connectivity index (χ1v) is 5.30. The van der Waals surface area contributed by atoms with Gasteiger partial charge in [0.15, 0.2) is 0 Å². The molecule has 0 amide bonds. The minimum Gasteiger partial charge on any atom is -0.411 e. The first-order valence-electron chi connectivity index (χ1n) is 4.48. The lowest BCUT2D eigenvalue weighted by atomic mass is 10.2. The second-order valence-electron chi connectivity index (χ2n) is 4.00. The summed E-state index contributed by atoms with van der Waals surface area (Å²) in [5.41, 5.74) is 0.954. The van der Waals surface area contributed by atoms with Crippen molar-refractivity contribution in [3.63, 3.8) is 0 Å². The van der Waals surface area contributed by atoms with E-state index < -0.39 is 0 Å². The summed E-state index contributed by atoms with van der Waals surface area (Å²) in [6, 6.07) is 7.90. The number of hydrogen-bond acceptors (Lipinski definition) is 3. The van der Waals surface area contributed by atoms with Crippen LogP contribution < -0.4 is 0 Å². The van der Waals surface area contributed by atoms with Gasteiger partial charge in [-0.1, -0.05) is 44.1 Å². The van der Waals surface area contributed by atoms with Crippen LogP contribution in [0.5, 0.6) is 0 Å². The predicted molar refractivity (Wildman–Crippen MR) is 61.4 cm³/mol. The third kappa shape index (κ3) is 3.42. The molecular weight excluding hydrogens is 194 g/mol. The molecule has 0 aliphatic carbocycles. The van der Waals surface area contributed by atoms with Crippen molar-refractivity contribution in [2.45, 2.75) is 30.4 Å². The van der Waals surface area contributed by atoms with Crippen molar-refractivity contribution in [2.75, 3.05) is 0 Å². The van der Waals surface area contributed by atoms with Gasteiger partial charge in [0.2, 0.25) is 0 Å². The third-order valence-corrected chi connectivity index (χ3v) is 2.74. The maximum absolute atomic E-state index is 8.50. The van der Waals surface area contributed by atoms with E-state index in [2.05, 4.69) is 25.9 Å². The quantitative estimate of drug-likeness (QED) is 0.350. The molecule has 76 valence electrons. The topological polar surface area (TPSA) is 32.6 Å². The van der Waals surface area contributed by atoms with E-state index in [1.165, 1.54) is 6.21 Å². The Morgan fingerprint density at radius 1 is 1.29 bits per heavy atom. The molecule has 1 aromatic rings. The molecule has 0 aliphatic heterocycles. The Balaban J connectivity index is 2.96. The van der Waals surface area contributed by atoms with Crippen LogP contribution in [0.3, 0.4) is 0 Å². The van der Waals surface area contributed by atoms with E-state index in [-0.39, 0.29) is 4.75 Å². The van der Waals surface area contributed by atoms with E-state index in [4.69, 9.17) is 5.21 Å². The minimum atomic E-state index is 0.166. The molecule has 1 rings (SSSR count). The van der Waals surface area contributed by atoms with E-state index >= 15 is 0 Å². The molecule has 0 radical (unpaired) electrons. The second kappa shape index (κ2) is 4.51. The van der Waals surface area contributed by atoms with E-state index in [9.17, 15) is 0 Å². The van der Waals surface area contributed by atoms with Crippen molar-refractivity contribution >= 4 is 18.0 Å². The maximum atomic E-state index is 8.50. The molecule has 0 spiro atoms. The van der Waals surface area contributed by atoms with Crippen molar-refractivity contribution in [2.24, 2.45) is 5.16 Å². The molecular formula is C11H15NOS. The molecule has 2 nitrogen and oxygen atoms in total. The van der Waals surface area contributed by atoms with Gasteiger partial charge in [0.1, 0.15) is 0 Å². The zero-order valence-electron chi connectivity index (χ0n) is 8.69. The van der Waals surface area contributed by atoms with Crippen LogP contribution in [0, 0.1) is 0 Å². The average Bonchev–Trinajstić information content (AvgIpc) is 2.06. The summed E-state index contributed by atoms with van der Waals surface area (Å²) in [6.45, 7) is 6.47. The molecule has 0 saturated carbocycles. The van der Waals surface area contributed by atoms with Gasteiger partial charge in [0, 0.05) is 15.2 Å². The fraction of sp³-hybridized carbons (Fsp3) is 0.364. The number of nitrogens with zero attached hydrogens (tertiary/aromatic N) is 1. The van der Waals surface area contributed by atoms with Crippen molar-refractivity contribution < 1.29 is 5.21 Å². The van der Waals surface area contributed by atoms with Gasteiger partial charge in [0.05, 0.1) is 6.21 Å². The van der Waals surface area contributed by atoms with Gasteiger partial charge < -0.3 is 5.21 Å². The van der Waals surface area contributed by atoms with Gasteiger partial charge in [-0.3, -0.25) is 0 Å². The maximum Gasteiger partial charge on any atom is 0.0745 e. The van der Waals surface area contributed by atoms with Gasteiger partial charge in [-0.2, -0.15) is 0 Å². The second-order valence-corrected chi connectivity index (χ2v) is 5.87. The van der Waals surface area contributed by atoms with Crippen LogP contribution in [0.2, 0.25) is 0 Å². The molecule has 3 heteroatoms. The summed E-state index contributed by atoms with van der Waals surface area (Å²) in [4.78, 5) is 1.14. The highest BCUT2D eigenvalue weighted by Gasteiger charge is 2.13. The average molecular weight is 209 g/mol. The van der Waals surface area contributed by atoms with Gasteiger partial charge >= 0.3 is 0 Å². The highest BCUT2D eigenvalue weighted by molar-refractivity contribution is 8.00. The fourth-order valence-electron chi connectivity index (χ4n) is 1.07. The van der Waals surface area contributed by atoms with E-state index in [0.29, 0.717) is 0 Å². The summed E-state index contributed by atoms with van der Waals surface area (Å²) in [5, 5.41) is 11.6. The number of hydrogen-bond donors (Lipinski definition) is 1. The Kier molecular flexibility index (Phi) is 3.58. The molecule has 0 saturated heterocycles. The van der Waals surface area contributed by atoms with Gasteiger partial charge in [0.25, 0.3) is 0 Å². The summed E-state index contributed by atoms with van der Waals surface area (Å²) >= 11 is 1.76. The molecule has 0 atom stereocenters. The number of benzene rings is 1. The molecule has 14 heavy (non-hydrogen) atoms. The van der Waals surface area contributed by atoms with Crippen molar-refractivity contribution in [3.05, 3.63) is 29.8 Å². The lowest BCUT2D eigenvalue weighted by molar-refractivity contribution is 0.322. The van der Waals surface area contributed by atoms with Crippen molar-refractivity contribution in [3.8, 4) is 0 Å². The summed E-state index contributed by atoms with van der Waals surface area (Å²) in [5.74, 6) is 0. The Morgan fingerprint density at radius 2 is 1.93 bits per heavy atom. The van der Waals surface area contributed by atoms with Crippen molar-refractivity contribution in [1.82, 2.24) is 0 Å². The molecule has 0 unspecified atom stereocenters. The first kappa shape index (κ1) is 11.1. The molecule has 0 aliphatic rings. The standard InChI is InChI=1S/C11H15NOS/c1-11(2,3)14-10-7-5-4-6-9(10)8-12-13/h4-8,13H,1-3H3/b12-8+. The zero-order valence-corrected chi connectivity index (χ0v) is 9.51. The fourth-order valence-corrected chi connectivity index (χ4v) is 2.12. The number of rotatable bonds is 2. The third-order valence-electron chi connectivity index (χ3n) is 1.53. The van der Waals surface area contributed by atoms with Gasteiger partial charge in [-0.15, -0.1) is 11.8 Å². The van der Waals surface area contributed by atoms with Gasteiger partial charge in [-0.25, -0.2) is 0 Å². The molecule has 0 bridgehead atoms.